The number of nitrogens with zero attached hydrogens (tertiary/aromatic N) is 2. The molecule has 0 unspecified atom stereocenters. The number of likely N-dealkylation sites (N-methyl/N-ethyl adjacent to an activating group) is 1. The highest BCUT2D eigenvalue weighted by atomic mass is 35.5. The number of benzene rings is 2. The van der Waals surface area contributed by atoms with Crippen molar-refractivity contribution < 1.29 is 19.0 Å². The van der Waals surface area contributed by atoms with Gasteiger partial charge in [0, 0.05) is 43.8 Å². The summed E-state index contributed by atoms with van der Waals surface area (Å²) in [6.45, 7) is 11.7. The van der Waals surface area contributed by atoms with Gasteiger partial charge in [-0.15, -0.1) is 0 Å². The van der Waals surface area contributed by atoms with Crippen LogP contribution in [0.5, 0.6) is 17.2 Å². The van der Waals surface area contributed by atoms with E-state index < -0.39 is 6.10 Å². The molecule has 1 aliphatic rings. The normalized spacial score (nSPS) is 16.0. The second kappa shape index (κ2) is 10.8. The standard InChI is InChI=1S/C26H31ClN2O5/c1-4-28-7-9-29(10-8-28)14-19(30)15-32-20-5-6-22-23(13-20)33-16-24(26(22)31)34-21-11-17(2)25(27)18(3)12-21/h5-6,11-13,16,19,30H,4,7-10,14-15H2,1-3H3/t19-/m1/s1. The Morgan fingerprint density at radius 2 is 1.74 bits per heavy atom. The Morgan fingerprint density at radius 1 is 1.06 bits per heavy atom. The minimum atomic E-state index is -0.599. The van der Waals surface area contributed by atoms with Gasteiger partial charge in [0.15, 0.2) is 0 Å². The first-order chi connectivity index (χ1) is 16.3. The van der Waals surface area contributed by atoms with Crippen molar-refractivity contribution in [3.8, 4) is 17.2 Å². The van der Waals surface area contributed by atoms with Gasteiger partial charge in [0.2, 0.25) is 11.2 Å². The fourth-order valence-corrected chi connectivity index (χ4v) is 4.28. The van der Waals surface area contributed by atoms with Crippen molar-refractivity contribution in [1.82, 2.24) is 9.80 Å². The van der Waals surface area contributed by atoms with Crippen LogP contribution in [0.2, 0.25) is 5.02 Å². The summed E-state index contributed by atoms with van der Waals surface area (Å²) in [6.07, 6.45) is 0.705. The fraction of sp³-hybridized carbons (Fsp3) is 0.423. The molecule has 0 aliphatic carbocycles. The van der Waals surface area contributed by atoms with Gasteiger partial charge in [0.25, 0.3) is 0 Å². The Labute approximate surface area is 204 Å². The van der Waals surface area contributed by atoms with Crippen molar-refractivity contribution >= 4 is 22.6 Å². The lowest BCUT2D eigenvalue weighted by Gasteiger charge is -2.34. The van der Waals surface area contributed by atoms with Gasteiger partial charge in [-0.3, -0.25) is 9.69 Å². The van der Waals surface area contributed by atoms with Crippen LogP contribution in [-0.4, -0.2) is 66.9 Å². The summed E-state index contributed by atoms with van der Waals surface area (Å²) in [6, 6.07) is 8.57. The summed E-state index contributed by atoms with van der Waals surface area (Å²) in [4.78, 5) is 17.6. The van der Waals surface area contributed by atoms with Crippen molar-refractivity contribution in [3.05, 3.63) is 63.0 Å². The van der Waals surface area contributed by atoms with E-state index >= 15 is 0 Å². The van der Waals surface area contributed by atoms with Crippen LogP contribution in [-0.2, 0) is 0 Å². The molecule has 1 saturated heterocycles. The van der Waals surface area contributed by atoms with E-state index in [1.165, 1.54) is 6.26 Å². The van der Waals surface area contributed by atoms with Crippen LogP contribution in [0, 0.1) is 13.8 Å². The maximum absolute atomic E-state index is 12.9. The number of halogens is 1. The lowest BCUT2D eigenvalue weighted by molar-refractivity contribution is 0.0471. The number of hydrogen-bond acceptors (Lipinski definition) is 7. The zero-order valence-corrected chi connectivity index (χ0v) is 20.6. The molecular formula is C26H31ClN2O5. The van der Waals surface area contributed by atoms with E-state index in [1.807, 2.05) is 13.8 Å². The second-order valence-electron chi connectivity index (χ2n) is 8.76. The summed E-state index contributed by atoms with van der Waals surface area (Å²) in [5.74, 6) is 1.15. The van der Waals surface area contributed by atoms with Gasteiger partial charge in [0.05, 0.1) is 5.39 Å². The lowest BCUT2D eigenvalue weighted by atomic mass is 10.1. The molecule has 0 saturated carbocycles. The van der Waals surface area contributed by atoms with E-state index in [1.54, 1.807) is 30.3 Å². The van der Waals surface area contributed by atoms with Crippen LogP contribution in [0.1, 0.15) is 18.1 Å². The average molecular weight is 487 g/mol. The molecule has 2 aromatic carbocycles. The molecule has 34 heavy (non-hydrogen) atoms. The zero-order valence-electron chi connectivity index (χ0n) is 19.8. The first-order valence-corrected chi connectivity index (χ1v) is 12.0. The van der Waals surface area contributed by atoms with Crippen molar-refractivity contribution in [2.75, 3.05) is 45.9 Å². The van der Waals surface area contributed by atoms with Crippen molar-refractivity contribution in [2.24, 2.45) is 0 Å². The van der Waals surface area contributed by atoms with Gasteiger partial charge in [-0.2, -0.15) is 0 Å². The Balaban J connectivity index is 1.39. The minimum absolute atomic E-state index is 0.0980. The quantitative estimate of drug-likeness (QED) is 0.510. The highest BCUT2D eigenvalue weighted by Gasteiger charge is 2.19. The Morgan fingerprint density at radius 3 is 2.41 bits per heavy atom. The molecule has 2 heterocycles. The molecule has 1 aromatic heterocycles. The number of piperazine rings is 1. The van der Waals surface area contributed by atoms with Crippen LogP contribution in [0.25, 0.3) is 11.0 Å². The molecule has 1 atom stereocenters. The Kier molecular flexibility index (Phi) is 7.78. The summed E-state index contributed by atoms with van der Waals surface area (Å²) in [5.41, 5.74) is 1.86. The third-order valence-corrected chi connectivity index (χ3v) is 6.77. The summed E-state index contributed by atoms with van der Waals surface area (Å²) in [7, 11) is 0. The molecule has 4 rings (SSSR count). The van der Waals surface area contributed by atoms with E-state index in [2.05, 4.69) is 16.7 Å². The van der Waals surface area contributed by atoms with Crippen molar-refractivity contribution in [1.29, 1.82) is 0 Å². The van der Waals surface area contributed by atoms with Gasteiger partial charge in [-0.05, 0) is 55.8 Å². The first-order valence-electron chi connectivity index (χ1n) is 11.6. The molecule has 0 bridgehead atoms. The topological polar surface area (TPSA) is 75.4 Å². The maximum Gasteiger partial charge on any atom is 0.235 e. The number of aliphatic hydroxyl groups is 1. The number of ether oxygens (including phenoxy) is 2. The number of aryl methyl sites for hydroxylation is 2. The maximum atomic E-state index is 12.9. The predicted octanol–water partition coefficient (Wildman–Crippen LogP) is 4.23. The SMILES string of the molecule is CCN1CCN(C[C@@H](O)COc2ccc3c(=O)c(Oc4cc(C)c(Cl)c(C)c4)coc3c2)CC1. The van der Waals surface area contributed by atoms with Crippen LogP contribution in [0.3, 0.4) is 0 Å². The molecule has 1 aliphatic heterocycles. The lowest BCUT2D eigenvalue weighted by Crippen LogP contribution is -2.49. The Bertz CT molecular complexity index is 1180. The zero-order chi connectivity index (χ0) is 24.2. The number of rotatable bonds is 8. The minimum Gasteiger partial charge on any atom is -0.491 e. The number of β-amino-alcohol motifs (C(OH)–C–C–N with tert-alkyl or cyclic N) is 1. The molecule has 0 spiro atoms. The van der Waals surface area contributed by atoms with Crippen LogP contribution < -0.4 is 14.9 Å². The van der Waals surface area contributed by atoms with E-state index in [9.17, 15) is 9.90 Å². The van der Waals surface area contributed by atoms with Crippen LogP contribution >= 0.6 is 11.6 Å². The van der Waals surface area contributed by atoms with Gasteiger partial charge in [-0.25, -0.2) is 0 Å². The van der Waals surface area contributed by atoms with Gasteiger partial charge < -0.3 is 23.9 Å². The highest BCUT2D eigenvalue weighted by molar-refractivity contribution is 6.32. The monoisotopic (exact) mass is 486 g/mol. The molecular weight excluding hydrogens is 456 g/mol. The largest absolute Gasteiger partial charge is 0.491 e. The number of fused-ring (bicyclic) bond motifs is 1. The third kappa shape index (κ3) is 5.73. The molecule has 3 aromatic rings. The van der Waals surface area contributed by atoms with E-state index in [4.69, 9.17) is 25.5 Å². The molecule has 182 valence electrons. The molecule has 0 amide bonds. The summed E-state index contributed by atoms with van der Waals surface area (Å²) >= 11 is 6.21. The van der Waals surface area contributed by atoms with Crippen LogP contribution in [0.4, 0.5) is 0 Å². The highest BCUT2D eigenvalue weighted by Crippen LogP contribution is 2.29. The molecule has 1 N–H and O–H groups in total. The molecule has 8 heteroatoms. The molecule has 0 radical (unpaired) electrons. The van der Waals surface area contributed by atoms with E-state index in [0.29, 0.717) is 34.0 Å². The number of aliphatic hydroxyl groups excluding tert-OH is 1. The fourth-order valence-electron chi connectivity index (χ4n) is 4.17. The summed E-state index contributed by atoms with van der Waals surface area (Å²) in [5, 5.41) is 11.5. The third-order valence-electron chi connectivity index (χ3n) is 6.18. The van der Waals surface area contributed by atoms with Crippen LogP contribution in [0.15, 0.2) is 45.8 Å². The van der Waals surface area contributed by atoms with E-state index in [0.717, 1.165) is 43.9 Å². The average Bonchev–Trinajstić information content (AvgIpc) is 2.83. The summed E-state index contributed by atoms with van der Waals surface area (Å²) < 4.78 is 17.2. The smallest absolute Gasteiger partial charge is 0.235 e. The van der Waals surface area contributed by atoms with Gasteiger partial charge in [-0.1, -0.05) is 18.5 Å². The molecule has 1 fully saturated rings. The van der Waals surface area contributed by atoms with Crippen molar-refractivity contribution in [3.63, 3.8) is 0 Å². The second-order valence-corrected chi connectivity index (χ2v) is 9.14. The predicted molar refractivity (Wildman–Crippen MR) is 134 cm³/mol. The van der Waals surface area contributed by atoms with Gasteiger partial charge >= 0.3 is 0 Å². The van der Waals surface area contributed by atoms with Gasteiger partial charge in [0.1, 0.15) is 36.1 Å². The number of hydrogen-bond donors (Lipinski definition) is 1. The van der Waals surface area contributed by atoms with Crippen molar-refractivity contribution in [2.45, 2.75) is 26.9 Å². The first kappa shape index (κ1) is 24.5. The Hall–Kier alpha value is -2.58. The van der Waals surface area contributed by atoms with E-state index in [-0.39, 0.29) is 17.8 Å². The molecule has 7 nitrogen and oxygen atoms in total.